The largest absolute Gasteiger partial charge is 0.395 e. The zero-order valence-electron chi connectivity index (χ0n) is 7.98. The van der Waals surface area contributed by atoms with Crippen LogP contribution in [-0.4, -0.2) is 27.3 Å². The summed E-state index contributed by atoms with van der Waals surface area (Å²) in [4.78, 5) is 4.19. The highest BCUT2D eigenvalue weighted by molar-refractivity contribution is 4.99. The summed E-state index contributed by atoms with van der Waals surface area (Å²) in [6.45, 7) is 3.13. The standard InChI is InChI=1S/C9H17N3O/c1-2-3-12-5-9(11-7-12)4-8(10)6-13/h5,7-8,13H,2-4,6,10H2,1H3/t8-/m0/s1. The molecule has 0 aliphatic carbocycles. The maximum Gasteiger partial charge on any atom is 0.0949 e. The SMILES string of the molecule is CCCn1cnc(C[C@H](N)CO)c1. The van der Waals surface area contributed by atoms with Crippen molar-refractivity contribution in [1.29, 1.82) is 0 Å². The number of nitrogens with two attached hydrogens (primary N) is 1. The molecule has 0 aromatic carbocycles. The van der Waals surface area contributed by atoms with E-state index in [-0.39, 0.29) is 12.6 Å². The number of nitrogens with zero attached hydrogens (tertiary/aromatic N) is 2. The second kappa shape index (κ2) is 4.99. The van der Waals surface area contributed by atoms with Crippen LogP contribution in [0, 0.1) is 0 Å². The molecular formula is C9H17N3O. The summed E-state index contributed by atoms with van der Waals surface area (Å²) >= 11 is 0. The van der Waals surface area contributed by atoms with E-state index in [1.54, 1.807) is 0 Å². The third-order valence-corrected chi connectivity index (χ3v) is 1.87. The fourth-order valence-electron chi connectivity index (χ4n) is 1.23. The average molecular weight is 183 g/mol. The van der Waals surface area contributed by atoms with Gasteiger partial charge in [-0.25, -0.2) is 4.98 Å². The molecule has 0 aliphatic rings. The van der Waals surface area contributed by atoms with E-state index < -0.39 is 0 Å². The third-order valence-electron chi connectivity index (χ3n) is 1.87. The van der Waals surface area contributed by atoms with E-state index in [2.05, 4.69) is 11.9 Å². The Morgan fingerprint density at radius 3 is 3.08 bits per heavy atom. The number of hydrogen-bond acceptors (Lipinski definition) is 3. The number of rotatable bonds is 5. The van der Waals surface area contributed by atoms with Crippen LogP contribution in [-0.2, 0) is 13.0 Å². The summed E-state index contributed by atoms with van der Waals surface area (Å²) < 4.78 is 2.04. The molecule has 74 valence electrons. The average Bonchev–Trinajstić information content (AvgIpc) is 2.53. The highest BCUT2D eigenvalue weighted by atomic mass is 16.3. The zero-order chi connectivity index (χ0) is 9.68. The summed E-state index contributed by atoms with van der Waals surface area (Å²) in [6, 6.07) is -0.190. The van der Waals surface area contributed by atoms with Gasteiger partial charge in [0.15, 0.2) is 0 Å². The molecule has 4 heteroatoms. The van der Waals surface area contributed by atoms with E-state index in [9.17, 15) is 0 Å². The van der Waals surface area contributed by atoms with Gasteiger partial charge in [-0.3, -0.25) is 0 Å². The Morgan fingerprint density at radius 1 is 1.69 bits per heavy atom. The minimum Gasteiger partial charge on any atom is -0.395 e. The van der Waals surface area contributed by atoms with Crippen LogP contribution in [0.5, 0.6) is 0 Å². The summed E-state index contributed by atoms with van der Waals surface area (Å²) in [7, 11) is 0. The lowest BCUT2D eigenvalue weighted by atomic mass is 10.2. The maximum atomic E-state index is 8.75. The predicted octanol–water partition coefficient (Wildman–Crippen LogP) is 0.155. The highest BCUT2D eigenvalue weighted by Gasteiger charge is 2.04. The molecule has 1 rings (SSSR count). The molecule has 0 spiro atoms. The molecule has 0 amide bonds. The molecule has 0 bridgehead atoms. The van der Waals surface area contributed by atoms with E-state index in [1.165, 1.54) is 0 Å². The lowest BCUT2D eigenvalue weighted by molar-refractivity contribution is 0.264. The van der Waals surface area contributed by atoms with Crippen LogP contribution in [0.4, 0.5) is 0 Å². The van der Waals surface area contributed by atoms with E-state index in [1.807, 2.05) is 17.1 Å². The Hall–Kier alpha value is -0.870. The Labute approximate surface area is 78.4 Å². The predicted molar refractivity (Wildman–Crippen MR) is 51.3 cm³/mol. The molecule has 3 N–H and O–H groups in total. The quantitative estimate of drug-likeness (QED) is 0.683. The molecule has 13 heavy (non-hydrogen) atoms. The first-order chi connectivity index (χ1) is 6.26. The van der Waals surface area contributed by atoms with Crippen molar-refractivity contribution in [3.8, 4) is 0 Å². The normalized spacial score (nSPS) is 13.2. The lowest BCUT2D eigenvalue weighted by Crippen LogP contribution is -2.26. The maximum absolute atomic E-state index is 8.75. The minimum atomic E-state index is -0.190. The number of imidazole rings is 1. The van der Waals surface area contributed by atoms with Gasteiger partial charge in [0.25, 0.3) is 0 Å². The van der Waals surface area contributed by atoms with Gasteiger partial charge in [0, 0.05) is 25.2 Å². The summed E-state index contributed by atoms with van der Waals surface area (Å²) in [5.41, 5.74) is 6.54. The van der Waals surface area contributed by atoms with Crippen LogP contribution < -0.4 is 5.73 Å². The topological polar surface area (TPSA) is 64.1 Å². The summed E-state index contributed by atoms with van der Waals surface area (Å²) in [6.07, 6.45) is 5.54. The van der Waals surface area contributed by atoms with Crippen molar-refractivity contribution in [2.75, 3.05) is 6.61 Å². The molecule has 4 nitrogen and oxygen atoms in total. The van der Waals surface area contributed by atoms with E-state index in [0.717, 1.165) is 18.7 Å². The summed E-state index contributed by atoms with van der Waals surface area (Å²) in [5, 5.41) is 8.75. The van der Waals surface area contributed by atoms with E-state index in [4.69, 9.17) is 10.8 Å². The number of aliphatic hydroxyl groups excluding tert-OH is 1. The first-order valence-corrected chi connectivity index (χ1v) is 4.63. The van der Waals surface area contributed by atoms with Gasteiger partial charge < -0.3 is 15.4 Å². The van der Waals surface area contributed by atoms with Crippen LogP contribution in [0.1, 0.15) is 19.0 Å². The third kappa shape index (κ3) is 3.16. The van der Waals surface area contributed by atoms with Gasteiger partial charge in [-0.05, 0) is 6.42 Å². The number of aromatic nitrogens is 2. The summed E-state index contributed by atoms with van der Waals surface area (Å²) in [5.74, 6) is 0. The number of aryl methyl sites for hydroxylation is 1. The second-order valence-electron chi connectivity index (χ2n) is 3.25. The molecule has 0 unspecified atom stereocenters. The first kappa shape index (κ1) is 10.2. The Balaban J connectivity index is 2.48. The molecule has 0 saturated carbocycles. The van der Waals surface area contributed by atoms with Gasteiger partial charge in [0.1, 0.15) is 0 Å². The van der Waals surface area contributed by atoms with Crippen molar-refractivity contribution in [1.82, 2.24) is 9.55 Å². The molecule has 1 heterocycles. The minimum absolute atomic E-state index is 0.0145. The van der Waals surface area contributed by atoms with Crippen LogP contribution in [0.15, 0.2) is 12.5 Å². The van der Waals surface area contributed by atoms with Crippen LogP contribution >= 0.6 is 0 Å². The molecule has 0 radical (unpaired) electrons. The van der Waals surface area contributed by atoms with Crippen molar-refractivity contribution in [3.05, 3.63) is 18.2 Å². The smallest absolute Gasteiger partial charge is 0.0949 e. The molecule has 0 aliphatic heterocycles. The fourth-order valence-corrected chi connectivity index (χ4v) is 1.23. The second-order valence-corrected chi connectivity index (χ2v) is 3.25. The first-order valence-electron chi connectivity index (χ1n) is 4.63. The zero-order valence-corrected chi connectivity index (χ0v) is 7.98. The monoisotopic (exact) mass is 183 g/mol. The van der Waals surface area contributed by atoms with Gasteiger partial charge in [-0.1, -0.05) is 6.92 Å². The number of aliphatic hydroxyl groups is 1. The van der Waals surface area contributed by atoms with E-state index >= 15 is 0 Å². The van der Waals surface area contributed by atoms with Crippen molar-refractivity contribution >= 4 is 0 Å². The van der Waals surface area contributed by atoms with Crippen LogP contribution in [0.3, 0.4) is 0 Å². The molecule has 1 aromatic heterocycles. The van der Waals surface area contributed by atoms with Crippen LogP contribution in [0.2, 0.25) is 0 Å². The van der Waals surface area contributed by atoms with Crippen molar-refractivity contribution in [3.63, 3.8) is 0 Å². The highest BCUT2D eigenvalue weighted by Crippen LogP contribution is 2.00. The Kier molecular flexibility index (Phi) is 3.92. The van der Waals surface area contributed by atoms with Crippen LogP contribution in [0.25, 0.3) is 0 Å². The van der Waals surface area contributed by atoms with Gasteiger partial charge in [-0.15, -0.1) is 0 Å². The van der Waals surface area contributed by atoms with Crippen molar-refractivity contribution < 1.29 is 5.11 Å². The van der Waals surface area contributed by atoms with Gasteiger partial charge >= 0.3 is 0 Å². The Morgan fingerprint density at radius 2 is 2.46 bits per heavy atom. The molecule has 0 saturated heterocycles. The van der Waals surface area contributed by atoms with Gasteiger partial charge in [0.2, 0.25) is 0 Å². The van der Waals surface area contributed by atoms with Crippen molar-refractivity contribution in [2.45, 2.75) is 32.4 Å². The fraction of sp³-hybridized carbons (Fsp3) is 0.667. The van der Waals surface area contributed by atoms with E-state index in [0.29, 0.717) is 6.42 Å². The lowest BCUT2D eigenvalue weighted by Gasteiger charge is -2.03. The number of hydrogen-bond donors (Lipinski definition) is 2. The molecule has 1 atom stereocenters. The van der Waals surface area contributed by atoms with Gasteiger partial charge in [0.05, 0.1) is 18.6 Å². The molecular weight excluding hydrogens is 166 g/mol. The Bertz CT molecular complexity index is 247. The van der Waals surface area contributed by atoms with Crippen molar-refractivity contribution in [2.24, 2.45) is 5.73 Å². The molecule has 0 fully saturated rings. The van der Waals surface area contributed by atoms with Gasteiger partial charge in [-0.2, -0.15) is 0 Å². The molecule has 1 aromatic rings.